The summed E-state index contributed by atoms with van der Waals surface area (Å²) in [6, 6.07) is 6.52. The molecule has 0 radical (unpaired) electrons. The predicted octanol–water partition coefficient (Wildman–Crippen LogP) is 1.46. The van der Waals surface area contributed by atoms with Crippen LogP contribution in [0, 0.1) is 10.1 Å². The first-order valence-electron chi connectivity index (χ1n) is 6.40. The number of nitro benzene ring substituents is 1. The van der Waals surface area contributed by atoms with Crippen molar-refractivity contribution in [1.82, 2.24) is 9.80 Å². The molecule has 0 saturated carbocycles. The third kappa shape index (κ3) is 3.71. The molecular formula is C13H17N3O3S. The van der Waals surface area contributed by atoms with Gasteiger partial charge < -0.3 is 9.80 Å². The molecule has 1 heterocycles. The van der Waals surface area contributed by atoms with Crippen molar-refractivity contribution in [3.63, 3.8) is 0 Å². The van der Waals surface area contributed by atoms with Gasteiger partial charge in [0.1, 0.15) is 0 Å². The Balaban J connectivity index is 1.92. The molecule has 108 valence electrons. The topological polar surface area (TPSA) is 66.7 Å². The molecule has 2 rings (SSSR count). The number of thioether (sulfide) groups is 1. The fraction of sp³-hybridized carbons (Fsp3) is 0.462. The molecule has 0 unspecified atom stereocenters. The summed E-state index contributed by atoms with van der Waals surface area (Å²) in [5.41, 5.74) is 0.0590. The molecule has 7 heteroatoms. The molecular weight excluding hydrogens is 278 g/mol. The molecule has 1 saturated heterocycles. The smallest absolute Gasteiger partial charge is 0.282 e. The van der Waals surface area contributed by atoms with E-state index in [1.54, 1.807) is 18.2 Å². The maximum atomic E-state index is 12.1. The van der Waals surface area contributed by atoms with Gasteiger partial charge in [0.15, 0.2) is 0 Å². The number of carbonyl (C=O) groups excluding carboxylic acids is 1. The molecule has 0 atom stereocenters. The van der Waals surface area contributed by atoms with Gasteiger partial charge in [-0.25, -0.2) is 0 Å². The molecule has 0 aromatic heterocycles. The summed E-state index contributed by atoms with van der Waals surface area (Å²) < 4.78 is 0. The summed E-state index contributed by atoms with van der Waals surface area (Å²) in [4.78, 5) is 27.1. The highest BCUT2D eigenvalue weighted by atomic mass is 32.2. The normalized spacial score (nSPS) is 16.1. The van der Waals surface area contributed by atoms with Gasteiger partial charge in [0.25, 0.3) is 5.69 Å². The first-order chi connectivity index (χ1) is 9.58. The number of benzene rings is 1. The first kappa shape index (κ1) is 14.8. The molecule has 20 heavy (non-hydrogen) atoms. The van der Waals surface area contributed by atoms with Crippen molar-refractivity contribution in [1.29, 1.82) is 0 Å². The largest absolute Gasteiger partial charge is 0.339 e. The van der Waals surface area contributed by atoms with E-state index in [4.69, 9.17) is 0 Å². The van der Waals surface area contributed by atoms with Crippen molar-refractivity contribution in [2.75, 3.05) is 39.0 Å². The molecule has 6 nitrogen and oxygen atoms in total. The Morgan fingerprint density at radius 1 is 1.30 bits per heavy atom. The zero-order chi connectivity index (χ0) is 14.5. The average molecular weight is 295 g/mol. The van der Waals surface area contributed by atoms with Gasteiger partial charge in [-0.3, -0.25) is 14.9 Å². The highest BCUT2D eigenvalue weighted by Crippen LogP contribution is 2.28. The lowest BCUT2D eigenvalue weighted by atomic mass is 10.3. The van der Waals surface area contributed by atoms with E-state index < -0.39 is 4.92 Å². The number of likely N-dealkylation sites (N-methyl/N-ethyl adjacent to an activating group) is 1. The Hall–Kier alpha value is -1.60. The molecule has 0 bridgehead atoms. The van der Waals surface area contributed by atoms with Crippen LogP contribution >= 0.6 is 11.8 Å². The summed E-state index contributed by atoms with van der Waals surface area (Å²) in [7, 11) is 2.03. The van der Waals surface area contributed by atoms with Crippen LogP contribution in [0.4, 0.5) is 5.69 Å². The van der Waals surface area contributed by atoms with Crippen molar-refractivity contribution in [2.45, 2.75) is 4.90 Å². The summed E-state index contributed by atoms with van der Waals surface area (Å²) in [5.74, 6) is 0.287. The Kier molecular flexibility index (Phi) is 4.97. The maximum Gasteiger partial charge on any atom is 0.282 e. The molecule has 1 aliphatic heterocycles. The molecule has 0 aliphatic carbocycles. The number of para-hydroxylation sites is 1. The van der Waals surface area contributed by atoms with E-state index in [0.29, 0.717) is 4.90 Å². The third-order valence-electron chi connectivity index (χ3n) is 3.27. The van der Waals surface area contributed by atoms with Crippen LogP contribution in [0.3, 0.4) is 0 Å². The van der Waals surface area contributed by atoms with E-state index in [1.807, 2.05) is 11.9 Å². The van der Waals surface area contributed by atoms with Crippen molar-refractivity contribution < 1.29 is 9.72 Å². The van der Waals surface area contributed by atoms with Crippen LogP contribution in [-0.4, -0.2) is 59.6 Å². The van der Waals surface area contributed by atoms with Crippen molar-refractivity contribution >= 4 is 23.4 Å². The number of rotatable bonds is 4. The SMILES string of the molecule is CN1CCN(C(=O)CSc2ccccc2[N+](=O)[O-])CC1. The molecule has 0 spiro atoms. The van der Waals surface area contributed by atoms with Crippen LogP contribution in [-0.2, 0) is 4.79 Å². The summed E-state index contributed by atoms with van der Waals surface area (Å²) in [6.07, 6.45) is 0. The molecule has 1 aliphatic rings. The van der Waals surface area contributed by atoms with Crippen LogP contribution in [0.25, 0.3) is 0 Å². The highest BCUT2D eigenvalue weighted by molar-refractivity contribution is 8.00. The van der Waals surface area contributed by atoms with Gasteiger partial charge in [-0.2, -0.15) is 0 Å². The maximum absolute atomic E-state index is 12.1. The van der Waals surface area contributed by atoms with Crippen LogP contribution in [0.5, 0.6) is 0 Å². The van der Waals surface area contributed by atoms with Gasteiger partial charge in [-0.1, -0.05) is 12.1 Å². The number of hydrogen-bond acceptors (Lipinski definition) is 5. The lowest BCUT2D eigenvalue weighted by Gasteiger charge is -2.32. The van der Waals surface area contributed by atoms with Crippen LogP contribution in [0.1, 0.15) is 0 Å². The number of nitro groups is 1. The number of amides is 1. The molecule has 1 amide bonds. The monoisotopic (exact) mass is 295 g/mol. The van der Waals surface area contributed by atoms with Gasteiger partial charge in [-0.15, -0.1) is 11.8 Å². The zero-order valence-electron chi connectivity index (χ0n) is 11.3. The minimum absolute atomic E-state index is 0.0428. The Morgan fingerprint density at radius 3 is 2.60 bits per heavy atom. The van der Waals surface area contributed by atoms with Gasteiger partial charge in [0.05, 0.1) is 15.6 Å². The standard InChI is InChI=1S/C13H17N3O3S/c1-14-6-8-15(9-7-14)13(17)10-20-12-5-3-2-4-11(12)16(18)19/h2-5H,6-10H2,1H3. The fourth-order valence-electron chi connectivity index (χ4n) is 2.02. The Bertz CT molecular complexity index is 501. The van der Waals surface area contributed by atoms with Gasteiger partial charge in [-0.05, 0) is 13.1 Å². The highest BCUT2D eigenvalue weighted by Gasteiger charge is 2.20. The second kappa shape index (κ2) is 6.71. The van der Waals surface area contributed by atoms with Gasteiger partial charge in [0, 0.05) is 32.2 Å². The Labute approximate surface area is 121 Å². The van der Waals surface area contributed by atoms with Crippen molar-refractivity contribution in [3.05, 3.63) is 34.4 Å². The van der Waals surface area contributed by atoms with E-state index in [-0.39, 0.29) is 17.3 Å². The lowest BCUT2D eigenvalue weighted by Crippen LogP contribution is -2.47. The summed E-state index contributed by atoms with van der Waals surface area (Å²) >= 11 is 1.23. The first-order valence-corrected chi connectivity index (χ1v) is 7.39. The zero-order valence-corrected chi connectivity index (χ0v) is 12.1. The molecule has 1 aromatic carbocycles. The molecule has 0 N–H and O–H groups in total. The van der Waals surface area contributed by atoms with Crippen molar-refractivity contribution in [3.8, 4) is 0 Å². The van der Waals surface area contributed by atoms with E-state index in [2.05, 4.69) is 4.90 Å². The lowest BCUT2D eigenvalue weighted by molar-refractivity contribution is -0.387. The van der Waals surface area contributed by atoms with Gasteiger partial charge in [0.2, 0.25) is 5.91 Å². The summed E-state index contributed by atoms with van der Waals surface area (Å²) in [5, 5.41) is 10.9. The number of nitrogens with zero attached hydrogens (tertiary/aromatic N) is 3. The van der Waals surface area contributed by atoms with E-state index in [9.17, 15) is 14.9 Å². The quantitative estimate of drug-likeness (QED) is 0.478. The minimum atomic E-state index is -0.414. The number of carbonyl (C=O) groups is 1. The summed E-state index contributed by atoms with van der Waals surface area (Å²) in [6.45, 7) is 3.21. The van der Waals surface area contributed by atoms with E-state index in [1.165, 1.54) is 17.8 Å². The number of hydrogen-bond donors (Lipinski definition) is 0. The second-order valence-corrected chi connectivity index (χ2v) is 5.71. The van der Waals surface area contributed by atoms with Gasteiger partial charge >= 0.3 is 0 Å². The van der Waals surface area contributed by atoms with E-state index >= 15 is 0 Å². The second-order valence-electron chi connectivity index (χ2n) is 4.70. The Morgan fingerprint density at radius 2 is 1.95 bits per heavy atom. The van der Waals surface area contributed by atoms with Crippen LogP contribution in [0.15, 0.2) is 29.2 Å². The van der Waals surface area contributed by atoms with Crippen LogP contribution < -0.4 is 0 Å². The average Bonchev–Trinajstić information content (AvgIpc) is 2.45. The molecule has 1 fully saturated rings. The molecule has 1 aromatic rings. The van der Waals surface area contributed by atoms with Crippen molar-refractivity contribution in [2.24, 2.45) is 0 Å². The van der Waals surface area contributed by atoms with E-state index in [0.717, 1.165) is 26.2 Å². The fourth-order valence-corrected chi connectivity index (χ4v) is 2.94. The third-order valence-corrected chi connectivity index (χ3v) is 4.32. The van der Waals surface area contributed by atoms with Crippen LogP contribution in [0.2, 0.25) is 0 Å². The minimum Gasteiger partial charge on any atom is -0.339 e. The number of piperazine rings is 1. The predicted molar refractivity (Wildman–Crippen MR) is 77.9 cm³/mol.